The lowest BCUT2D eigenvalue weighted by molar-refractivity contribution is 0.533. The summed E-state index contributed by atoms with van der Waals surface area (Å²) in [5, 5.41) is 14.8. The van der Waals surface area contributed by atoms with Crippen LogP contribution in [0.3, 0.4) is 0 Å². The molecule has 0 amide bonds. The van der Waals surface area contributed by atoms with Gasteiger partial charge in [-0.05, 0) is 17.7 Å². The summed E-state index contributed by atoms with van der Waals surface area (Å²) in [4.78, 5) is 4.53. The SMILES string of the molecule is Cc1nnc(-c2ccc(C=NNc3nc(-c4ccccc4)cs3)cc2)o1. The molecule has 2 aromatic carbocycles. The molecular weight excluding hydrogens is 346 g/mol. The van der Waals surface area contributed by atoms with Crippen LogP contribution in [0.2, 0.25) is 0 Å². The Hall–Kier alpha value is -3.32. The van der Waals surface area contributed by atoms with Crippen LogP contribution in [-0.2, 0) is 0 Å². The van der Waals surface area contributed by atoms with Gasteiger partial charge in [-0.25, -0.2) is 4.98 Å². The molecule has 0 radical (unpaired) electrons. The summed E-state index contributed by atoms with van der Waals surface area (Å²) in [5.74, 6) is 1.06. The van der Waals surface area contributed by atoms with E-state index in [0.29, 0.717) is 11.8 Å². The van der Waals surface area contributed by atoms with Crippen LogP contribution in [-0.4, -0.2) is 21.4 Å². The summed E-state index contributed by atoms with van der Waals surface area (Å²) >= 11 is 1.52. The molecule has 0 saturated carbocycles. The summed E-state index contributed by atoms with van der Waals surface area (Å²) in [6.07, 6.45) is 1.74. The van der Waals surface area contributed by atoms with Crippen LogP contribution in [0.25, 0.3) is 22.7 Å². The molecule has 2 aromatic heterocycles. The maximum Gasteiger partial charge on any atom is 0.247 e. The Labute approximate surface area is 154 Å². The second-order valence-electron chi connectivity index (χ2n) is 5.52. The van der Waals surface area contributed by atoms with Gasteiger partial charge in [0.2, 0.25) is 16.9 Å². The van der Waals surface area contributed by atoms with Gasteiger partial charge in [0.15, 0.2) is 0 Å². The van der Waals surface area contributed by atoms with Gasteiger partial charge in [0.05, 0.1) is 11.9 Å². The van der Waals surface area contributed by atoms with Crippen molar-refractivity contribution in [2.24, 2.45) is 5.10 Å². The van der Waals surface area contributed by atoms with Crippen molar-refractivity contribution in [1.82, 2.24) is 15.2 Å². The average molecular weight is 361 g/mol. The van der Waals surface area contributed by atoms with Crippen LogP contribution in [0, 0.1) is 6.92 Å². The van der Waals surface area contributed by atoms with Crippen LogP contribution in [0.1, 0.15) is 11.5 Å². The number of anilines is 1. The Morgan fingerprint density at radius 1 is 1.00 bits per heavy atom. The van der Waals surface area contributed by atoms with Gasteiger partial charge in [-0.3, -0.25) is 5.43 Å². The molecule has 0 spiro atoms. The van der Waals surface area contributed by atoms with Crippen molar-refractivity contribution in [1.29, 1.82) is 0 Å². The number of nitrogens with one attached hydrogen (secondary N) is 1. The van der Waals surface area contributed by atoms with E-state index in [1.165, 1.54) is 11.3 Å². The maximum atomic E-state index is 5.41. The van der Waals surface area contributed by atoms with E-state index >= 15 is 0 Å². The van der Waals surface area contributed by atoms with Crippen molar-refractivity contribution in [3.8, 4) is 22.7 Å². The molecule has 0 aliphatic rings. The fourth-order valence-corrected chi connectivity index (χ4v) is 3.02. The number of benzene rings is 2. The number of aromatic nitrogens is 3. The van der Waals surface area contributed by atoms with Crippen LogP contribution in [0.5, 0.6) is 0 Å². The molecule has 1 N–H and O–H groups in total. The van der Waals surface area contributed by atoms with Gasteiger partial charge in [0.25, 0.3) is 0 Å². The van der Waals surface area contributed by atoms with Gasteiger partial charge in [-0.1, -0.05) is 42.5 Å². The van der Waals surface area contributed by atoms with Crippen LogP contribution >= 0.6 is 11.3 Å². The smallest absolute Gasteiger partial charge is 0.247 e. The molecule has 0 atom stereocenters. The average Bonchev–Trinajstić information content (AvgIpc) is 3.32. The number of hydrazone groups is 1. The van der Waals surface area contributed by atoms with E-state index in [0.717, 1.165) is 27.5 Å². The van der Waals surface area contributed by atoms with Crippen molar-refractivity contribution in [3.05, 3.63) is 71.4 Å². The first-order valence-electron chi connectivity index (χ1n) is 7.98. The second-order valence-corrected chi connectivity index (χ2v) is 6.38. The zero-order valence-corrected chi connectivity index (χ0v) is 14.8. The Balaban J connectivity index is 1.40. The number of rotatable bonds is 5. The van der Waals surface area contributed by atoms with Crippen LogP contribution in [0.15, 0.2) is 69.5 Å². The zero-order chi connectivity index (χ0) is 17.8. The second kappa shape index (κ2) is 7.28. The molecule has 0 fully saturated rings. The molecule has 6 nitrogen and oxygen atoms in total. The molecule has 0 aliphatic carbocycles. The first-order valence-corrected chi connectivity index (χ1v) is 8.86. The minimum absolute atomic E-state index is 0.514. The predicted molar refractivity (Wildman–Crippen MR) is 103 cm³/mol. The van der Waals surface area contributed by atoms with Gasteiger partial charge in [-0.2, -0.15) is 5.10 Å². The standard InChI is InChI=1S/C19H15N5OS/c1-13-22-23-18(25-13)16-9-7-14(8-10-16)11-20-24-19-21-17(12-26-19)15-5-3-2-4-6-15/h2-12H,1H3,(H,21,24). The molecular formula is C19H15N5OS. The Morgan fingerprint density at radius 3 is 2.54 bits per heavy atom. The minimum atomic E-state index is 0.514. The highest BCUT2D eigenvalue weighted by Gasteiger charge is 2.05. The third-order valence-corrected chi connectivity index (χ3v) is 4.38. The van der Waals surface area contributed by atoms with E-state index in [2.05, 4.69) is 25.7 Å². The van der Waals surface area contributed by atoms with Crippen molar-refractivity contribution in [2.75, 3.05) is 5.43 Å². The molecule has 0 aliphatic heterocycles. The molecule has 4 aromatic rings. The summed E-state index contributed by atoms with van der Waals surface area (Å²) in [5.41, 5.74) is 6.83. The normalized spacial score (nSPS) is 11.1. The Bertz CT molecular complexity index is 1020. The lowest BCUT2D eigenvalue weighted by Gasteiger charge is -1.97. The lowest BCUT2D eigenvalue weighted by Crippen LogP contribution is -1.90. The predicted octanol–water partition coefficient (Wildman–Crippen LogP) is 4.61. The zero-order valence-electron chi connectivity index (χ0n) is 14.0. The van der Waals surface area contributed by atoms with Gasteiger partial charge in [-0.15, -0.1) is 21.5 Å². The number of hydrogen-bond acceptors (Lipinski definition) is 7. The highest BCUT2D eigenvalue weighted by Crippen LogP contribution is 2.24. The first kappa shape index (κ1) is 16.2. The highest BCUT2D eigenvalue weighted by atomic mass is 32.1. The van der Waals surface area contributed by atoms with E-state index in [9.17, 15) is 0 Å². The molecule has 0 saturated heterocycles. The summed E-state index contributed by atoms with van der Waals surface area (Å²) in [6.45, 7) is 1.77. The Kier molecular flexibility index (Phi) is 4.53. The molecule has 7 heteroatoms. The number of aryl methyl sites for hydroxylation is 1. The van der Waals surface area contributed by atoms with Crippen molar-refractivity contribution >= 4 is 22.7 Å². The summed E-state index contributed by atoms with van der Waals surface area (Å²) in [7, 11) is 0. The summed E-state index contributed by atoms with van der Waals surface area (Å²) < 4.78 is 5.41. The van der Waals surface area contributed by atoms with Gasteiger partial charge in [0.1, 0.15) is 0 Å². The molecule has 26 heavy (non-hydrogen) atoms. The molecule has 0 bridgehead atoms. The Morgan fingerprint density at radius 2 is 1.81 bits per heavy atom. The van der Waals surface area contributed by atoms with Crippen molar-refractivity contribution in [3.63, 3.8) is 0 Å². The van der Waals surface area contributed by atoms with E-state index < -0.39 is 0 Å². The largest absolute Gasteiger partial charge is 0.421 e. The quantitative estimate of drug-likeness (QED) is 0.415. The number of thiazole rings is 1. The van der Waals surface area contributed by atoms with Crippen LogP contribution in [0.4, 0.5) is 5.13 Å². The molecule has 2 heterocycles. The van der Waals surface area contributed by atoms with Crippen molar-refractivity contribution in [2.45, 2.75) is 6.92 Å². The first-order chi connectivity index (χ1) is 12.8. The van der Waals surface area contributed by atoms with Gasteiger partial charge < -0.3 is 4.42 Å². The highest BCUT2D eigenvalue weighted by molar-refractivity contribution is 7.14. The molecule has 128 valence electrons. The number of nitrogens with zero attached hydrogens (tertiary/aromatic N) is 4. The minimum Gasteiger partial charge on any atom is -0.421 e. The number of hydrogen-bond donors (Lipinski definition) is 1. The fraction of sp³-hybridized carbons (Fsp3) is 0.0526. The van der Waals surface area contributed by atoms with E-state index in [1.54, 1.807) is 13.1 Å². The van der Waals surface area contributed by atoms with Gasteiger partial charge in [0, 0.05) is 23.4 Å². The lowest BCUT2D eigenvalue weighted by atomic mass is 10.1. The third-order valence-electron chi connectivity index (χ3n) is 3.63. The van der Waals surface area contributed by atoms with Crippen molar-refractivity contribution < 1.29 is 4.42 Å². The maximum absolute atomic E-state index is 5.41. The fourth-order valence-electron chi connectivity index (χ4n) is 2.35. The van der Waals surface area contributed by atoms with E-state index in [1.807, 2.05) is 60.0 Å². The van der Waals surface area contributed by atoms with Gasteiger partial charge >= 0.3 is 0 Å². The third kappa shape index (κ3) is 3.68. The topological polar surface area (TPSA) is 76.2 Å². The van der Waals surface area contributed by atoms with Crippen LogP contribution < -0.4 is 5.43 Å². The van der Waals surface area contributed by atoms with E-state index in [-0.39, 0.29) is 0 Å². The monoisotopic (exact) mass is 361 g/mol. The summed E-state index contributed by atoms with van der Waals surface area (Å²) in [6, 6.07) is 17.8. The van der Waals surface area contributed by atoms with E-state index in [4.69, 9.17) is 4.42 Å². The molecule has 0 unspecified atom stereocenters. The molecule has 4 rings (SSSR count).